The van der Waals surface area contributed by atoms with Gasteiger partial charge < -0.3 is 0 Å². The van der Waals surface area contributed by atoms with Crippen molar-refractivity contribution >= 4 is 10.8 Å². The van der Waals surface area contributed by atoms with Gasteiger partial charge in [-0.25, -0.2) is 15.0 Å². The van der Waals surface area contributed by atoms with E-state index < -0.39 is 0 Å². The van der Waals surface area contributed by atoms with Crippen molar-refractivity contribution in [3.63, 3.8) is 0 Å². The maximum Gasteiger partial charge on any atom is 0.164 e. The number of hydrogen-bond acceptors (Lipinski definition) is 3. The summed E-state index contributed by atoms with van der Waals surface area (Å²) in [6.45, 7) is 0. The standard InChI is InChI=1S/C43H29N3/c1-3-10-30(11-4-1)32-18-24-36(25-19-32)41-44-42(37-26-20-33(21-27-37)31-12-5-2-6-13-31)46-43(45-41)38-28-22-35(23-29-38)40-17-9-15-34-14-7-8-16-39(34)40/h1-29H. The molecule has 0 amide bonds. The van der Waals surface area contributed by atoms with Crippen LogP contribution in [0.25, 0.3) is 78.3 Å². The largest absolute Gasteiger partial charge is 0.208 e. The van der Waals surface area contributed by atoms with Gasteiger partial charge >= 0.3 is 0 Å². The number of aromatic nitrogens is 3. The summed E-state index contributed by atoms with van der Waals surface area (Å²) in [6, 6.07) is 61.1. The first-order valence-electron chi connectivity index (χ1n) is 15.4. The lowest BCUT2D eigenvalue weighted by Gasteiger charge is -2.11. The Morgan fingerprint density at radius 3 is 1.07 bits per heavy atom. The van der Waals surface area contributed by atoms with E-state index in [0.29, 0.717) is 17.5 Å². The Bertz CT molecular complexity index is 2150. The quantitative estimate of drug-likeness (QED) is 0.194. The molecule has 0 atom stereocenters. The van der Waals surface area contributed by atoms with E-state index in [-0.39, 0.29) is 0 Å². The first-order valence-corrected chi connectivity index (χ1v) is 15.4. The fraction of sp³-hybridized carbons (Fsp3) is 0. The molecule has 0 saturated carbocycles. The van der Waals surface area contributed by atoms with Crippen LogP contribution in [0.3, 0.4) is 0 Å². The molecule has 0 aliphatic carbocycles. The third-order valence-corrected chi connectivity index (χ3v) is 8.38. The molecule has 8 rings (SSSR count). The number of rotatable bonds is 6. The molecule has 0 unspecified atom stereocenters. The van der Waals surface area contributed by atoms with E-state index in [1.165, 1.54) is 27.5 Å². The van der Waals surface area contributed by atoms with Crippen molar-refractivity contribution in [2.75, 3.05) is 0 Å². The Hall–Kier alpha value is -6.19. The van der Waals surface area contributed by atoms with Gasteiger partial charge in [-0.05, 0) is 44.2 Å². The van der Waals surface area contributed by atoms with Crippen LogP contribution in [0, 0.1) is 0 Å². The van der Waals surface area contributed by atoms with Gasteiger partial charge in [-0.1, -0.05) is 176 Å². The lowest BCUT2D eigenvalue weighted by Crippen LogP contribution is -2.00. The second kappa shape index (κ2) is 12.1. The Kier molecular flexibility index (Phi) is 7.18. The summed E-state index contributed by atoms with van der Waals surface area (Å²) in [6.07, 6.45) is 0. The molecule has 3 heteroatoms. The average molecular weight is 588 g/mol. The van der Waals surface area contributed by atoms with Crippen LogP contribution >= 0.6 is 0 Å². The van der Waals surface area contributed by atoms with Crippen molar-refractivity contribution < 1.29 is 0 Å². The van der Waals surface area contributed by atoms with Crippen LogP contribution in [-0.2, 0) is 0 Å². The summed E-state index contributed by atoms with van der Waals surface area (Å²) >= 11 is 0. The molecular formula is C43H29N3. The summed E-state index contributed by atoms with van der Waals surface area (Å²) in [4.78, 5) is 15.0. The maximum atomic E-state index is 5.00. The summed E-state index contributed by atoms with van der Waals surface area (Å²) in [5.41, 5.74) is 9.85. The van der Waals surface area contributed by atoms with Crippen molar-refractivity contribution in [2.24, 2.45) is 0 Å². The van der Waals surface area contributed by atoms with Crippen LogP contribution in [0.2, 0.25) is 0 Å². The number of hydrogen-bond donors (Lipinski definition) is 0. The monoisotopic (exact) mass is 587 g/mol. The number of benzene rings is 7. The molecule has 1 heterocycles. The minimum atomic E-state index is 0.642. The molecule has 0 aliphatic heterocycles. The molecule has 0 saturated heterocycles. The smallest absolute Gasteiger partial charge is 0.164 e. The van der Waals surface area contributed by atoms with Gasteiger partial charge in [-0.15, -0.1) is 0 Å². The zero-order valence-corrected chi connectivity index (χ0v) is 25.1. The van der Waals surface area contributed by atoms with E-state index in [1.807, 2.05) is 12.1 Å². The molecule has 0 radical (unpaired) electrons. The van der Waals surface area contributed by atoms with Gasteiger partial charge in [0.05, 0.1) is 0 Å². The minimum absolute atomic E-state index is 0.642. The molecule has 216 valence electrons. The molecule has 0 bridgehead atoms. The van der Waals surface area contributed by atoms with E-state index in [9.17, 15) is 0 Å². The zero-order valence-electron chi connectivity index (χ0n) is 25.1. The van der Waals surface area contributed by atoms with Crippen LogP contribution < -0.4 is 0 Å². The predicted octanol–water partition coefficient (Wildman–Crippen LogP) is 11.0. The lowest BCUT2D eigenvalue weighted by molar-refractivity contribution is 1.07. The normalized spacial score (nSPS) is 11.0. The van der Waals surface area contributed by atoms with Gasteiger partial charge in [0, 0.05) is 16.7 Å². The molecular weight excluding hydrogens is 558 g/mol. The summed E-state index contributed by atoms with van der Waals surface area (Å²) < 4.78 is 0. The van der Waals surface area contributed by atoms with E-state index >= 15 is 0 Å². The van der Waals surface area contributed by atoms with Crippen molar-refractivity contribution in [1.82, 2.24) is 15.0 Å². The SMILES string of the molecule is c1ccc(-c2ccc(-c3nc(-c4ccc(-c5ccccc5)cc4)nc(-c4ccc(-c5cccc6ccccc56)cc4)n3)cc2)cc1. The van der Waals surface area contributed by atoms with Crippen molar-refractivity contribution in [1.29, 1.82) is 0 Å². The van der Waals surface area contributed by atoms with Crippen molar-refractivity contribution in [3.05, 3.63) is 176 Å². The third-order valence-electron chi connectivity index (χ3n) is 8.38. The highest BCUT2D eigenvalue weighted by molar-refractivity contribution is 5.96. The molecule has 1 aromatic heterocycles. The fourth-order valence-corrected chi connectivity index (χ4v) is 5.92. The van der Waals surface area contributed by atoms with Gasteiger partial charge in [-0.3, -0.25) is 0 Å². The van der Waals surface area contributed by atoms with Gasteiger partial charge in [0.15, 0.2) is 17.5 Å². The molecule has 8 aromatic rings. The fourth-order valence-electron chi connectivity index (χ4n) is 5.92. The highest BCUT2D eigenvalue weighted by Crippen LogP contribution is 2.32. The number of nitrogens with zero attached hydrogens (tertiary/aromatic N) is 3. The van der Waals surface area contributed by atoms with E-state index in [1.54, 1.807) is 0 Å². The zero-order chi connectivity index (χ0) is 30.7. The second-order valence-electron chi connectivity index (χ2n) is 11.3. The Labute approximate surface area is 268 Å². The van der Waals surface area contributed by atoms with Crippen LogP contribution in [0.1, 0.15) is 0 Å². The molecule has 46 heavy (non-hydrogen) atoms. The topological polar surface area (TPSA) is 38.7 Å². The average Bonchev–Trinajstić information content (AvgIpc) is 3.15. The summed E-state index contributed by atoms with van der Waals surface area (Å²) in [5.74, 6) is 1.93. The molecule has 0 aliphatic rings. The van der Waals surface area contributed by atoms with Gasteiger partial charge in [0.1, 0.15) is 0 Å². The predicted molar refractivity (Wildman–Crippen MR) is 190 cm³/mol. The van der Waals surface area contributed by atoms with E-state index in [2.05, 4.69) is 164 Å². The summed E-state index contributed by atoms with van der Waals surface area (Å²) in [7, 11) is 0. The highest BCUT2D eigenvalue weighted by atomic mass is 15.0. The lowest BCUT2D eigenvalue weighted by atomic mass is 9.97. The van der Waals surface area contributed by atoms with Gasteiger partial charge in [-0.2, -0.15) is 0 Å². The molecule has 0 fully saturated rings. The van der Waals surface area contributed by atoms with Crippen LogP contribution in [0.4, 0.5) is 0 Å². The molecule has 7 aromatic carbocycles. The van der Waals surface area contributed by atoms with Crippen molar-refractivity contribution in [3.8, 4) is 67.5 Å². The molecule has 0 N–H and O–H groups in total. The first-order chi connectivity index (χ1) is 22.8. The number of fused-ring (bicyclic) bond motifs is 1. The third kappa shape index (κ3) is 5.47. The van der Waals surface area contributed by atoms with Crippen molar-refractivity contribution in [2.45, 2.75) is 0 Å². The minimum Gasteiger partial charge on any atom is -0.208 e. The summed E-state index contributed by atoms with van der Waals surface area (Å²) in [5, 5.41) is 2.47. The van der Waals surface area contributed by atoms with E-state index in [0.717, 1.165) is 33.4 Å². The van der Waals surface area contributed by atoms with Gasteiger partial charge in [0.2, 0.25) is 0 Å². The van der Waals surface area contributed by atoms with Crippen LogP contribution in [0.15, 0.2) is 176 Å². The Balaban J connectivity index is 1.19. The maximum absolute atomic E-state index is 5.00. The second-order valence-corrected chi connectivity index (χ2v) is 11.3. The first kappa shape index (κ1) is 27.4. The Morgan fingerprint density at radius 1 is 0.239 bits per heavy atom. The molecule has 0 spiro atoms. The van der Waals surface area contributed by atoms with Crippen LogP contribution in [0.5, 0.6) is 0 Å². The van der Waals surface area contributed by atoms with Crippen LogP contribution in [-0.4, -0.2) is 15.0 Å². The molecule has 3 nitrogen and oxygen atoms in total. The van der Waals surface area contributed by atoms with E-state index in [4.69, 9.17) is 15.0 Å². The van der Waals surface area contributed by atoms with Gasteiger partial charge in [0.25, 0.3) is 0 Å². The Morgan fingerprint density at radius 2 is 0.587 bits per heavy atom. The highest BCUT2D eigenvalue weighted by Gasteiger charge is 2.14.